The van der Waals surface area contributed by atoms with Gasteiger partial charge < -0.3 is 15.1 Å². The summed E-state index contributed by atoms with van der Waals surface area (Å²) in [4.78, 5) is 32.3. The van der Waals surface area contributed by atoms with Crippen LogP contribution < -0.4 is 5.32 Å². The lowest BCUT2D eigenvalue weighted by Gasteiger charge is -2.38. The number of benzene rings is 1. The zero-order valence-electron chi connectivity index (χ0n) is 14.8. The van der Waals surface area contributed by atoms with Crippen molar-refractivity contribution < 1.29 is 14.4 Å². The van der Waals surface area contributed by atoms with Gasteiger partial charge in [0, 0.05) is 25.1 Å². The summed E-state index contributed by atoms with van der Waals surface area (Å²) < 4.78 is 0. The molecule has 1 spiro atoms. The number of rotatable bonds is 4. The van der Waals surface area contributed by atoms with Gasteiger partial charge in [0.1, 0.15) is 5.71 Å². The average molecular weight is 343 g/mol. The molecule has 0 saturated carbocycles. The maximum Gasteiger partial charge on any atom is 0.273 e. The number of anilines is 1. The first-order valence-corrected chi connectivity index (χ1v) is 8.87. The molecule has 134 valence electrons. The molecule has 6 nitrogen and oxygen atoms in total. The molecule has 2 amide bonds. The molecule has 0 aromatic heterocycles. The van der Waals surface area contributed by atoms with Gasteiger partial charge in [0.25, 0.3) is 5.91 Å². The lowest BCUT2D eigenvalue weighted by atomic mass is 9.87. The summed E-state index contributed by atoms with van der Waals surface area (Å²) in [6, 6.07) is 9.28. The van der Waals surface area contributed by atoms with E-state index in [1.165, 1.54) is 0 Å². The number of para-hydroxylation sites is 1. The smallest absolute Gasteiger partial charge is 0.273 e. The van der Waals surface area contributed by atoms with Gasteiger partial charge in [-0.05, 0) is 30.9 Å². The first-order valence-electron chi connectivity index (χ1n) is 8.87. The average Bonchev–Trinajstić information content (AvgIpc) is 2.99. The Morgan fingerprint density at radius 2 is 2.08 bits per heavy atom. The third-order valence-corrected chi connectivity index (χ3v) is 4.61. The molecule has 0 radical (unpaired) electrons. The predicted molar refractivity (Wildman–Crippen MR) is 96.2 cm³/mol. The number of carbonyl (C=O) groups is 2. The van der Waals surface area contributed by atoms with Crippen molar-refractivity contribution in [2.24, 2.45) is 11.1 Å². The van der Waals surface area contributed by atoms with Crippen molar-refractivity contribution in [3.63, 3.8) is 0 Å². The maximum absolute atomic E-state index is 12.4. The fraction of sp³-hybridized carbons (Fsp3) is 0.526. The summed E-state index contributed by atoms with van der Waals surface area (Å²) in [7, 11) is 0. The van der Waals surface area contributed by atoms with E-state index >= 15 is 0 Å². The molecule has 1 atom stereocenters. The third kappa shape index (κ3) is 4.18. The van der Waals surface area contributed by atoms with Crippen molar-refractivity contribution >= 4 is 23.2 Å². The number of hydrogen-bond donors (Lipinski definition) is 1. The number of likely N-dealkylation sites (tertiary alicyclic amines) is 1. The molecule has 2 aliphatic heterocycles. The summed E-state index contributed by atoms with van der Waals surface area (Å²) in [6.45, 7) is 5.34. The van der Waals surface area contributed by atoms with E-state index in [9.17, 15) is 9.59 Å². The van der Waals surface area contributed by atoms with Crippen LogP contribution in [-0.2, 0) is 14.4 Å². The molecular weight excluding hydrogens is 318 g/mol. The Hall–Kier alpha value is -2.37. The molecule has 0 aliphatic carbocycles. The van der Waals surface area contributed by atoms with Gasteiger partial charge in [0.05, 0.1) is 6.54 Å². The second-order valence-electron chi connectivity index (χ2n) is 7.33. The van der Waals surface area contributed by atoms with Crippen LogP contribution in [0.15, 0.2) is 35.5 Å². The number of nitrogens with one attached hydrogen (secondary N) is 1. The van der Waals surface area contributed by atoms with Gasteiger partial charge in [-0.2, -0.15) is 0 Å². The summed E-state index contributed by atoms with van der Waals surface area (Å²) in [6.07, 6.45) is 2.66. The highest BCUT2D eigenvalue weighted by Crippen LogP contribution is 2.34. The zero-order chi connectivity index (χ0) is 17.9. The minimum Gasteiger partial charge on any atom is -0.386 e. The monoisotopic (exact) mass is 343 g/mol. The normalized spacial score (nSPS) is 22.7. The van der Waals surface area contributed by atoms with E-state index in [4.69, 9.17) is 4.84 Å². The summed E-state index contributed by atoms with van der Waals surface area (Å²) >= 11 is 0. The second-order valence-corrected chi connectivity index (χ2v) is 7.33. The molecule has 2 aliphatic rings. The molecular formula is C19H25N3O3. The molecule has 1 saturated heterocycles. The Morgan fingerprint density at radius 1 is 1.32 bits per heavy atom. The van der Waals surface area contributed by atoms with Crippen LogP contribution in [0.4, 0.5) is 5.69 Å². The standard InChI is InChI=1S/C19H25N3O3/c1-14(2)11-17(23)22-10-6-9-19(13-22)12-16(21-25-19)18(24)20-15-7-4-3-5-8-15/h3-5,7-8,14H,6,9-13H2,1-2H3,(H,20,24)/t19-/m0/s1. The molecule has 1 aromatic rings. The Bertz CT molecular complexity index is 672. The first-order chi connectivity index (χ1) is 12.0. The van der Waals surface area contributed by atoms with E-state index in [-0.39, 0.29) is 11.8 Å². The molecule has 6 heteroatoms. The molecule has 1 fully saturated rings. The summed E-state index contributed by atoms with van der Waals surface area (Å²) in [5.74, 6) is 0.243. The summed E-state index contributed by atoms with van der Waals surface area (Å²) in [5, 5.41) is 6.87. The minimum absolute atomic E-state index is 0.153. The Labute approximate surface area is 148 Å². The van der Waals surface area contributed by atoms with Crippen molar-refractivity contribution in [3.05, 3.63) is 30.3 Å². The third-order valence-electron chi connectivity index (χ3n) is 4.61. The van der Waals surface area contributed by atoms with Crippen molar-refractivity contribution in [3.8, 4) is 0 Å². The lowest BCUT2D eigenvalue weighted by molar-refractivity contribution is -0.141. The van der Waals surface area contributed by atoms with Crippen LogP contribution in [0, 0.1) is 5.92 Å². The highest BCUT2D eigenvalue weighted by molar-refractivity contribution is 6.43. The van der Waals surface area contributed by atoms with Crippen LogP contribution in [0.5, 0.6) is 0 Å². The number of nitrogens with zero attached hydrogens (tertiary/aromatic N) is 2. The Morgan fingerprint density at radius 3 is 2.80 bits per heavy atom. The zero-order valence-corrected chi connectivity index (χ0v) is 14.8. The lowest BCUT2D eigenvalue weighted by Crippen LogP contribution is -2.51. The number of hydrogen-bond acceptors (Lipinski definition) is 4. The second kappa shape index (κ2) is 7.25. The van der Waals surface area contributed by atoms with Gasteiger partial charge in [0.2, 0.25) is 5.91 Å². The van der Waals surface area contributed by atoms with Crippen LogP contribution >= 0.6 is 0 Å². The predicted octanol–water partition coefficient (Wildman–Crippen LogP) is 2.81. The molecule has 3 rings (SSSR count). The maximum atomic E-state index is 12.4. The number of carbonyl (C=O) groups excluding carboxylic acids is 2. The molecule has 0 unspecified atom stereocenters. The van der Waals surface area contributed by atoms with E-state index < -0.39 is 5.60 Å². The molecule has 2 heterocycles. The van der Waals surface area contributed by atoms with Gasteiger partial charge in [-0.25, -0.2) is 0 Å². The van der Waals surface area contributed by atoms with Crippen molar-refractivity contribution in [2.75, 3.05) is 18.4 Å². The SMILES string of the molecule is CC(C)CC(=O)N1CCC[C@]2(CC(C(=O)Nc3ccccc3)=NO2)C1. The molecule has 25 heavy (non-hydrogen) atoms. The van der Waals surface area contributed by atoms with E-state index in [0.29, 0.717) is 31.0 Å². The van der Waals surface area contributed by atoms with Gasteiger partial charge in [0.15, 0.2) is 5.60 Å². The van der Waals surface area contributed by atoms with Gasteiger partial charge in [-0.1, -0.05) is 37.2 Å². The van der Waals surface area contributed by atoms with E-state index in [0.717, 1.165) is 25.1 Å². The molecule has 1 aromatic carbocycles. The van der Waals surface area contributed by atoms with Crippen LogP contribution in [0.3, 0.4) is 0 Å². The van der Waals surface area contributed by atoms with Gasteiger partial charge >= 0.3 is 0 Å². The number of piperidine rings is 1. The van der Waals surface area contributed by atoms with E-state index in [2.05, 4.69) is 10.5 Å². The summed E-state index contributed by atoms with van der Waals surface area (Å²) in [5.41, 5.74) is 0.574. The van der Waals surface area contributed by atoms with Crippen molar-refractivity contribution in [1.29, 1.82) is 0 Å². The van der Waals surface area contributed by atoms with Crippen LogP contribution in [0.2, 0.25) is 0 Å². The topological polar surface area (TPSA) is 71.0 Å². The Balaban J connectivity index is 1.60. The highest BCUT2D eigenvalue weighted by atomic mass is 16.7. The molecule has 1 N–H and O–H groups in total. The fourth-order valence-corrected chi connectivity index (χ4v) is 3.38. The Kier molecular flexibility index (Phi) is 5.06. The number of amides is 2. The van der Waals surface area contributed by atoms with Crippen molar-refractivity contribution in [2.45, 2.75) is 45.1 Å². The molecule has 0 bridgehead atoms. The number of oxime groups is 1. The van der Waals surface area contributed by atoms with Gasteiger partial charge in [-0.15, -0.1) is 0 Å². The largest absolute Gasteiger partial charge is 0.386 e. The van der Waals surface area contributed by atoms with Gasteiger partial charge in [-0.3, -0.25) is 9.59 Å². The van der Waals surface area contributed by atoms with Crippen LogP contribution in [0.1, 0.15) is 39.5 Å². The van der Waals surface area contributed by atoms with E-state index in [1.807, 2.05) is 49.1 Å². The van der Waals surface area contributed by atoms with Crippen molar-refractivity contribution in [1.82, 2.24) is 4.90 Å². The highest BCUT2D eigenvalue weighted by Gasteiger charge is 2.45. The van der Waals surface area contributed by atoms with Crippen LogP contribution in [-0.4, -0.2) is 41.1 Å². The minimum atomic E-state index is -0.547. The fourth-order valence-electron chi connectivity index (χ4n) is 3.38. The van der Waals surface area contributed by atoms with E-state index in [1.54, 1.807) is 0 Å². The first kappa shape index (κ1) is 17.5. The quantitative estimate of drug-likeness (QED) is 0.914. The van der Waals surface area contributed by atoms with Crippen LogP contribution in [0.25, 0.3) is 0 Å².